The minimum absolute atomic E-state index is 0.522. The summed E-state index contributed by atoms with van der Waals surface area (Å²) in [6.45, 7) is 0. The molecule has 9 heteroatoms. The second kappa shape index (κ2) is 5.00. The molecule has 6 nitrogen and oxygen atoms in total. The predicted molar refractivity (Wildman–Crippen MR) is 52.2 cm³/mol. The fourth-order valence-corrected chi connectivity index (χ4v) is 1.27. The van der Waals surface area contributed by atoms with Gasteiger partial charge in [-0.15, -0.1) is 0 Å². The van der Waals surface area contributed by atoms with Crippen molar-refractivity contribution in [2.45, 2.75) is 6.43 Å². The molecule has 0 aromatic carbocycles. The second-order valence-electron chi connectivity index (χ2n) is 2.78. The molecule has 1 aromatic rings. The number of nitrogens with zero attached hydrogens (tertiary/aromatic N) is 2. The number of pyridine rings is 1. The van der Waals surface area contributed by atoms with Gasteiger partial charge < -0.3 is 14.9 Å². The van der Waals surface area contributed by atoms with Gasteiger partial charge in [0.05, 0.1) is 12.7 Å². The minimum Gasteiger partial charge on any atom is -0.465 e. The normalized spacial score (nSPS) is 10.4. The summed E-state index contributed by atoms with van der Waals surface area (Å²) in [4.78, 5) is 23.7. The van der Waals surface area contributed by atoms with Gasteiger partial charge in [-0.05, 0) is 9.91 Å². The third kappa shape index (κ3) is 2.64. The monoisotopic (exact) mass is 266 g/mol. The van der Waals surface area contributed by atoms with Crippen LogP contribution in [0.5, 0.6) is 0 Å². The van der Waals surface area contributed by atoms with Gasteiger partial charge in [0.25, 0.3) is 0 Å². The number of hydrogen-bond donors (Lipinski definition) is 0. The van der Waals surface area contributed by atoms with Gasteiger partial charge in [-0.2, -0.15) is 0 Å². The predicted octanol–water partition coefficient (Wildman–Crippen LogP) is 2.37. The lowest BCUT2D eigenvalue weighted by Crippen LogP contribution is -2.08. The van der Waals surface area contributed by atoms with Crippen LogP contribution in [0.25, 0.3) is 0 Å². The molecule has 0 unspecified atom stereocenters. The van der Waals surface area contributed by atoms with Gasteiger partial charge in [0, 0.05) is 6.07 Å². The van der Waals surface area contributed by atoms with Gasteiger partial charge in [-0.3, -0.25) is 0 Å². The number of methoxy groups -OCH3 is 1. The number of alkyl halides is 2. The highest BCUT2D eigenvalue weighted by Crippen LogP contribution is 2.30. The van der Waals surface area contributed by atoms with Gasteiger partial charge >= 0.3 is 18.2 Å². The fourth-order valence-electron chi connectivity index (χ4n) is 1.03. The third-order valence-corrected chi connectivity index (χ3v) is 2.13. The largest absolute Gasteiger partial charge is 0.465 e. The number of halogens is 3. The van der Waals surface area contributed by atoms with Gasteiger partial charge in [0.2, 0.25) is 5.69 Å². The van der Waals surface area contributed by atoms with Crippen LogP contribution in [0.1, 0.15) is 22.5 Å². The van der Waals surface area contributed by atoms with Crippen LogP contribution in [0, 0.1) is 10.1 Å². The van der Waals surface area contributed by atoms with Crippen molar-refractivity contribution in [1.29, 1.82) is 0 Å². The van der Waals surface area contributed by atoms with E-state index in [1.807, 2.05) is 0 Å². The second-order valence-corrected chi connectivity index (χ2v) is 3.16. The molecular formula is C8H5ClF2N2O4. The first kappa shape index (κ1) is 13.2. The van der Waals surface area contributed by atoms with E-state index in [1.54, 1.807) is 0 Å². The Kier molecular flexibility index (Phi) is 3.89. The van der Waals surface area contributed by atoms with E-state index in [-0.39, 0.29) is 0 Å². The Morgan fingerprint density at radius 1 is 1.65 bits per heavy atom. The molecule has 0 amide bonds. The average molecular weight is 267 g/mol. The molecule has 0 radical (unpaired) electrons. The smallest absolute Gasteiger partial charge is 0.383 e. The summed E-state index contributed by atoms with van der Waals surface area (Å²) in [5.41, 5.74) is -1.44. The molecule has 0 N–H and O–H groups in total. The van der Waals surface area contributed by atoms with E-state index >= 15 is 0 Å². The van der Waals surface area contributed by atoms with Crippen LogP contribution in [0.3, 0.4) is 0 Å². The zero-order valence-electron chi connectivity index (χ0n) is 8.32. The number of esters is 1. The summed E-state index contributed by atoms with van der Waals surface area (Å²) in [6, 6.07) is 0.659. The third-order valence-electron chi connectivity index (χ3n) is 1.76. The molecule has 0 aliphatic rings. The number of ether oxygens (including phenoxy) is 1. The summed E-state index contributed by atoms with van der Waals surface area (Å²) in [5, 5.41) is 9.89. The maximum Gasteiger partial charge on any atom is 0.383 e. The first-order chi connectivity index (χ1) is 7.88. The van der Waals surface area contributed by atoms with Crippen molar-refractivity contribution in [3.8, 4) is 0 Å². The molecule has 0 saturated heterocycles. The van der Waals surface area contributed by atoms with E-state index in [9.17, 15) is 23.7 Å². The van der Waals surface area contributed by atoms with E-state index < -0.39 is 39.4 Å². The molecular weight excluding hydrogens is 262 g/mol. The molecule has 1 aromatic heterocycles. The van der Waals surface area contributed by atoms with Crippen LogP contribution in [-0.2, 0) is 4.74 Å². The number of nitro groups is 1. The lowest BCUT2D eigenvalue weighted by molar-refractivity contribution is -0.389. The Hall–Kier alpha value is -1.83. The van der Waals surface area contributed by atoms with Gasteiger partial charge in [-0.25, -0.2) is 13.6 Å². The van der Waals surface area contributed by atoms with E-state index in [0.717, 1.165) is 7.11 Å². The quantitative estimate of drug-likeness (QED) is 0.476. The molecule has 92 valence electrons. The van der Waals surface area contributed by atoms with Crippen molar-refractivity contribution < 1.29 is 23.2 Å². The van der Waals surface area contributed by atoms with E-state index in [2.05, 4.69) is 9.72 Å². The van der Waals surface area contributed by atoms with E-state index in [0.29, 0.717) is 6.07 Å². The van der Waals surface area contributed by atoms with Crippen LogP contribution in [0.15, 0.2) is 6.07 Å². The lowest BCUT2D eigenvalue weighted by atomic mass is 10.2. The van der Waals surface area contributed by atoms with Crippen LogP contribution < -0.4 is 0 Å². The van der Waals surface area contributed by atoms with Crippen LogP contribution in [-0.4, -0.2) is 23.0 Å². The molecule has 0 fully saturated rings. The topological polar surface area (TPSA) is 82.3 Å². The summed E-state index contributed by atoms with van der Waals surface area (Å²) < 4.78 is 29.1. The minimum atomic E-state index is -3.06. The lowest BCUT2D eigenvalue weighted by Gasteiger charge is -2.04. The molecule has 1 rings (SSSR count). The first-order valence-electron chi connectivity index (χ1n) is 4.09. The molecule has 0 aliphatic heterocycles. The van der Waals surface area contributed by atoms with Crippen molar-refractivity contribution in [3.05, 3.63) is 32.5 Å². The Morgan fingerprint density at radius 2 is 2.24 bits per heavy atom. The molecule has 0 atom stereocenters. The maximum absolute atomic E-state index is 12.4. The molecule has 1 heterocycles. The number of aromatic nitrogens is 1. The summed E-state index contributed by atoms with van der Waals surface area (Å²) in [6.07, 6.45) is -3.06. The highest BCUT2D eigenvalue weighted by atomic mass is 35.5. The molecule has 0 aliphatic carbocycles. The van der Waals surface area contributed by atoms with E-state index in [4.69, 9.17) is 11.6 Å². The van der Waals surface area contributed by atoms with Crippen molar-refractivity contribution in [1.82, 2.24) is 4.98 Å². The van der Waals surface area contributed by atoms with E-state index in [1.165, 1.54) is 0 Å². The number of carbonyl (C=O) groups excluding carboxylic acids is 1. The summed E-state index contributed by atoms with van der Waals surface area (Å²) in [7, 11) is 0.993. The maximum atomic E-state index is 12.4. The highest BCUT2D eigenvalue weighted by Gasteiger charge is 2.28. The Labute approximate surface area is 98.3 Å². The zero-order chi connectivity index (χ0) is 13.2. The molecule has 0 spiro atoms. The highest BCUT2D eigenvalue weighted by molar-refractivity contribution is 6.35. The molecule has 0 saturated carbocycles. The SMILES string of the molecule is COC(=O)c1cc(C(F)F)nc([N+](=O)[O-])c1Cl. The molecule has 0 bridgehead atoms. The zero-order valence-corrected chi connectivity index (χ0v) is 9.07. The van der Waals surface area contributed by atoms with Crippen LogP contribution >= 0.6 is 11.6 Å². The Bertz CT molecular complexity index is 481. The number of rotatable bonds is 3. The Balaban J connectivity index is 3.48. The average Bonchev–Trinajstić information content (AvgIpc) is 2.27. The first-order valence-corrected chi connectivity index (χ1v) is 4.47. The summed E-state index contributed by atoms with van der Waals surface area (Å²) in [5.74, 6) is -2.06. The van der Waals surface area contributed by atoms with Crippen molar-refractivity contribution in [2.24, 2.45) is 0 Å². The van der Waals surface area contributed by atoms with Crippen molar-refractivity contribution >= 4 is 23.4 Å². The number of carbonyl (C=O) groups is 1. The fraction of sp³-hybridized carbons (Fsp3) is 0.250. The number of hydrogen-bond acceptors (Lipinski definition) is 5. The molecule has 17 heavy (non-hydrogen) atoms. The summed E-state index contributed by atoms with van der Waals surface area (Å²) >= 11 is 5.50. The van der Waals surface area contributed by atoms with Crippen LogP contribution in [0.4, 0.5) is 14.6 Å². The Morgan fingerprint density at radius 3 is 2.65 bits per heavy atom. The van der Waals surface area contributed by atoms with Crippen molar-refractivity contribution in [2.75, 3.05) is 7.11 Å². The van der Waals surface area contributed by atoms with Crippen molar-refractivity contribution in [3.63, 3.8) is 0 Å². The van der Waals surface area contributed by atoms with Gasteiger partial charge in [0.1, 0.15) is 0 Å². The van der Waals surface area contributed by atoms with Crippen LogP contribution in [0.2, 0.25) is 5.02 Å². The van der Waals surface area contributed by atoms with Gasteiger partial charge in [-0.1, -0.05) is 11.6 Å². The van der Waals surface area contributed by atoms with Gasteiger partial charge in [0.15, 0.2) is 5.02 Å². The standard InChI is InChI=1S/C8H5ClF2N2O4/c1-17-8(14)3-2-4(6(10)11)12-7(5(3)9)13(15)16/h2,6H,1H3.